The van der Waals surface area contributed by atoms with Gasteiger partial charge in [0.05, 0.1) is 25.9 Å². The number of carbonyl (C=O) groups excluding carboxylic acids is 1. The highest BCUT2D eigenvalue weighted by Crippen LogP contribution is 2.11. The van der Waals surface area contributed by atoms with E-state index < -0.39 is 0 Å². The Bertz CT molecular complexity index is 624. The second-order valence-corrected chi connectivity index (χ2v) is 5.37. The molecule has 0 unspecified atom stereocenters. The average Bonchev–Trinajstić information content (AvgIpc) is 2.86. The quantitative estimate of drug-likeness (QED) is 0.803. The molecule has 2 N–H and O–H groups in total. The molecule has 1 amide bonds. The number of benzene rings is 1. The molecule has 118 valence electrons. The molecule has 6 nitrogen and oxygen atoms in total. The molecule has 0 saturated carbocycles. The Morgan fingerprint density at radius 1 is 1.41 bits per heavy atom. The summed E-state index contributed by atoms with van der Waals surface area (Å²) in [7, 11) is 1.79. The van der Waals surface area contributed by atoms with E-state index in [2.05, 4.69) is 16.5 Å². The third-order valence-corrected chi connectivity index (χ3v) is 3.29. The van der Waals surface area contributed by atoms with Gasteiger partial charge in [-0.05, 0) is 19.5 Å². The summed E-state index contributed by atoms with van der Waals surface area (Å²) in [5.41, 5.74) is 2.33. The van der Waals surface area contributed by atoms with E-state index in [-0.39, 0.29) is 19.1 Å². The maximum absolute atomic E-state index is 12.0. The molecule has 2 rings (SSSR count). The fraction of sp³-hybridized carbons (Fsp3) is 0.375. The lowest BCUT2D eigenvalue weighted by atomic mass is 10.1. The lowest BCUT2D eigenvalue weighted by Crippen LogP contribution is -2.32. The second kappa shape index (κ2) is 7.72. The van der Waals surface area contributed by atoms with Crippen LogP contribution in [0.1, 0.15) is 11.1 Å². The van der Waals surface area contributed by atoms with Crippen molar-refractivity contribution in [3.05, 3.63) is 47.7 Å². The van der Waals surface area contributed by atoms with Gasteiger partial charge in [-0.25, -0.2) is 4.68 Å². The maximum atomic E-state index is 12.0. The van der Waals surface area contributed by atoms with Gasteiger partial charge < -0.3 is 10.4 Å². The summed E-state index contributed by atoms with van der Waals surface area (Å²) in [6, 6.07) is 9.97. The topological polar surface area (TPSA) is 70.4 Å². The minimum atomic E-state index is -0.123. The first-order valence-electron chi connectivity index (χ1n) is 7.25. The van der Waals surface area contributed by atoms with Crippen LogP contribution in [-0.4, -0.2) is 52.4 Å². The molecular formula is C16H22N4O2. The van der Waals surface area contributed by atoms with Crippen molar-refractivity contribution in [2.24, 2.45) is 0 Å². The normalized spacial score (nSPS) is 10.9. The number of amides is 1. The van der Waals surface area contributed by atoms with Gasteiger partial charge in [-0.2, -0.15) is 5.10 Å². The van der Waals surface area contributed by atoms with Gasteiger partial charge in [-0.15, -0.1) is 0 Å². The molecule has 22 heavy (non-hydrogen) atoms. The Kier molecular flexibility index (Phi) is 5.68. The predicted octanol–water partition coefficient (Wildman–Crippen LogP) is 1.10. The molecule has 2 aromatic rings. The van der Waals surface area contributed by atoms with Gasteiger partial charge in [-0.3, -0.25) is 9.69 Å². The average molecular weight is 302 g/mol. The first kappa shape index (κ1) is 16.2. The van der Waals surface area contributed by atoms with Gasteiger partial charge >= 0.3 is 0 Å². The van der Waals surface area contributed by atoms with Crippen LogP contribution in [0.5, 0.6) is 0 Å². The van der Waals surface area contributed by atoms with Crippen LogP contribution in [-0.2, 0) is 11.3 Å². The highest BCUT2D eigenvalue weighted by Gasteiger charge is 2.10. The molecule has 0 aliphatic heterocycles. The van der Waals surface area contributed by atoms with Crippen molar-refractivity contribution in [3.8, 4) is 0 Å². The van der Waals surface area contributed by atoms with E-state index in [1.165, 1.54) is 5.56 Å². The zero-order valence-corrected chi connectivity index (χ0v) is 13.0. The molecule has 0 bridgehead atoms. The summed E-state index contributed by atoms with van der Waals surface area (Å²) >= 11 is 0. The van der Waals surface area contributed by atoms with Gasteiger partial charge in [0.2, 0.25) is 5.91 Å². The number of aryl methyl sites for hydroxylation is 1. The van der Waals surface area contributed by atoms with Crippen molar-refractivity contribution >= 4 is 11.7 Å². The minimum absolute atomic E-state index is 0.0368. The van der Waals surface area contributed by atoms with E-state index in [9.17, 15) is 4.79 Å². The molecule has 0 aliphatic rings. The number of aromatic nitrogens is 2. The Balaban J connectivity index is 1.99. The van der Waals surface area contributed by atoms with E-state index in [1.807, 2.05) is 25.1 Å². The summed E-state index contributed by atoms with van der Waals surface area (Å²) in [6.45, 7) is 3.39. The van der Waals surface area contributed by atoms with Crippen molar-refractivity contribution in [1.29, 1.82) is 0 Å². The fourth-order valence-electron chi connectivity index (χ4n) is 2.23. The summed E-state index contributed by atoms with van der Waals surface area (Å²) in [4.78, 5) is 13.7. The Morgan fingerprint density at radius 3 is 2.95 bits per heavy atom. The number of hydrogen-bond donors (Lipinski definition) is 2. The molecular weight excluding hydrogens is 280 g/mol. The number of aliphatic hydroxyl groups excluding tert-OH is 1. The van der Waals surface area contributed by atoms with Crippen molar-refractivity contribution in [2.75, 3.05) is 32.1 Å². The molecule has 1 aromatic carbocycles. The molecule has 0 saturated heterocycles. The van der Waals surface area contributed by atoms with Gasteiger partial charge in [-0.1, -0.05) is 29.8 Å². The summed E-state index contributed by atoms with van der Waals surface area (Å²) in [5, 5.41) is 16.0. The van der Waals surface area contributed by atoms with E-state index in [0.717, 1.165) is 5.56 Å². The molecule has 0 spiro atoms. The minimum Gasteiger partial charge on any atom is -0.395 e. The SMILES string of the molecule is Cc1cccc(Cn2nccc2NC(=O)CN(C)CCO)c1. The summed E-state index contributed by atoms with van der Waals surface area (Å²) < 4.78 is 1.76. The van der Waals surface area contributed by atoms with Crippen LogP contribution < -0.4 is 5.32 Å². The smallest absolute Gasteiger partial charge is 0.239 e. The van der Waals surface area contributed by atoms with Crippen molar-refractivity contribution < 1.29 is 9.90 Å². The largest absolute Gasteiger partial charge is 0.395 e. The molecule has 0 aliphatic carbocycles. The molecule has 0 atom stereocenters. The van der Waals surface area contributed by atoms with Crippen LogP contribution in [0.4, 0.5) is 5.82 Å². The lowest BCUT2D eigenvalue weighted by Gasteiger charge is -2.15. The Morgan fingerprint density at radius 2 is 2.23 bits per heavy atom. The van der Waals surface area contributed by atoms with Crippen LogP contribution in [0, 0.1) is 6.92 Å². The van der Waals surface area contributed by atoms with Crippen LogP contribution in [0.25, 0.3) is 0 Å². The molecule has 0 radical (unpaired) electrons. The van der Waals surface area contributed by atoms with Crippen molar-refractivity contribution in [2.45, 2.75) is 13.5 Å². The van der Waals surface area contributed by atoms with Crippen molar-refractivity contribution in [1.82, 2.24) is 14.7 Å². The highest BCUT2D eigenvalue weighted by molar-refractivity contribution is 5.91. The second-order valence-electron chi connectivity index (χ2n) is 5.37. The number of nitrogens with zero attached hydrogens (tertiary/aromatic N) is 3. The molecule has 6 heteroatoms. The van der Waals surface area contributed by atoms with Crippen LogP contribution in [0.2, 0.25) is 0 Å². The third kappa shape index (κ3) is 4.68. The van der Waals surface area contributed by atoms with E-state index in [0.29, 0.717) is 18.9 Å². The van der Waals surface area contributed by atoms with Gasteiger partial charge in [0, 0.05) is 12.6 Å². The lowest BCUT2D eigenvalue weighted by molar-refractivity contribution is -0.117. The number of nitrogens with one attached hydrogen (secondary N) is 1. The van der Waals surface area contributed by atoms with E-state index >= 15 is 0 Å². The molecule has 1 aromatic heterocycles. The van der Waals surface area contributed by atoms with E-state index in [4.69, 9.17) is 5.11 Å². The number of aliphatic hydroxyl groups is 1. The van der Waals surface area contributed by atoms with Crippen LogP contribution in [0.3, 0.4) is 0 Å². The highest BCUT2D eigenvalue weighted by atomic mass is 16.3. The predicted molar refractivity (Wildman–Crippen MR) is 85.7 cm³/mol. The Hall–Kier alpha value is -2.18. The first-order valence-corrected chi connectivity index (χ1v) is 7.25. The van der Waals surface area contributed by atoms with Crippen LogP contribution >= 0.6 is 0 Å². The molecule has 0 fully saturated rings. The molecule has 1 heterocycles. The van der Waals surface area contributed by atoms with Gasteiger partial charge in [0.1, 0.15) is 5.82 Å². The fourth-order valence-corrected chi connectivity index (χ4v) is 2.23. The Labute approximate surface area is 130 Å². The third-order valence-electron chi connectivity index (χ3n) is 3.29. The standard InChI is InChI=1S/C16H22N4O2/c1-13-4-3-5-14(10-13)11-20-15(6-7-17-20)18-16(22)12-19(2)8-9-21/h3-7,10,21H,8-9,11-12H2,1-2H3,(H,18,22). The van der Waals surface area contributed by atoms with Gasteiger partial charge in [0.25, 0.3) is 0 Å². The van der Waals surface area contributed by atoms with Gasteiger partial charge in [0.15, 0.2) is 0 Å². The summed E-state index contributed by atoms with van der Waals surface area (Å²) in [6.07, 6.45) is 1.67. The maximum Gasteiger partial charge on any atom is 0.239 e. The van der Waals surface area contributed by atoms with E-state index in [1.54, 1.807) is 28.9 Å². The summed E-state index contributed by atoms with van der Waals surface area (Å²) in [5.74, 6) is 0.547. The number of carbonyl (C=O) groups is 1. The number of rotatable bonds is 7. The van der Waals surface area contributed by atoms with Crippen LogP contribution in [0.15, 0.2) is 36.5 Å². The number of likely N-dealkylation sites (N-methyl/N-ethyl adjacent to an activating group) is 1. The number of hydrogen-bond acceptors (Lipinski definition) is 4. The van der Waals surface area contributed by atoms with Crippen molar-refractivity contribution in [3.63, 3.8) is 0 Å². The monoisotopic (exact) mass is 302 g/mol. The zero-order chi connectivity index (χ0) is 15.9. The zero-order valence-electron chi connectivity index (χ0n) is 13.0. The first-order chi connectivity index (χ1) is 10.6. The number of anilines is 1.